The summed E-state index contributed by atoms with van der Waals surface area (Å²) in [5.74, 6) is -0.486. The van der Waals surface area contributed by atoms with Gasteiger partial charge >= 0.3 is 0 Å². The highest BCUT2D eigenvalue weighted by Crippen LogP contribution is 2.34. The fourth-order valence-corrected chi connectivity index (χ4v) is 4.17. The Labute approximate surface area is 146 Å². The number of carbonyl (C=O) groups excluding carboxylic acids is 1. The SMILES string of the molecule is C[C@@H](NS(=O)(=O)c1ccc2c(c1)[C@@H](C)C(=O)N2)c1cccc(Cl)c1. The fraction of sp³-hybridized carbons (Fsp3) is 0.235. The normalized spacial score (nSPS) is 18.1. The molecule has 0 unspecified atom stereocenters. The number of hydrogen-bond acceptors (Lipinski definition) is 3. The number of anilines is 1. The number of sulfonamides is 1. The molecule has 2 N–H and O–H groups in total. The predicted molar refractivity (Wildman–Crippen MR) is 93.7 cm³/mol. The maximum absolute atomic E-state index is 12.6. The molecule has 5 nitrogen and oxygen atoms in total. The Hall–Kier alpha value is -1.89. The lowest BCUT2D eigenvalue weighted by Crippen LogP contribution is -2.27. The second-order valence-electron chi connectivity index (χ2n) is 5.86. The van der Waals surface area contributed by atoms with Gasteiger partial charge in [0, 0.05) is 16.8 Å². The summed E-state index contributed by atoms with van der Waals surface area (Å²) < 4.78 is 27.9. The molecule has 1 heterocycles. The quantitative estimate of drug-likeness (QED) is 0.872. The summed E-state index contributed by atoms with van der Waals surface area (Å²) in [6.07, 6.45) is 0. The van der Waals surface area contributed by atoms with Crippen molar-refractivity contribution >= 4 is 33.2 Å². The Bertz CT molecular complexity index is 912. The van der Waals surface area contributed by atoms with Crippen LogP contribution in [-0.2, 0) is 14.8 Å². The van der Waals surface area contributed by atoms with Gasteiger partial charge in [-0.05, 0) is 55.3 Å². The van der Waals surface area contributed by atoms with Crippen LogP contribution in [0.4, 0.5) is 5.69 Å². The molecule has 0 spiro atoms. The molecule has 0 saturated heterocycles. The summed E-state index contributed by atoms with van der Waals surface area (Å²) in [5.41, 5.74) is 2.13. The molecule has 1 aliphatic heterocycles. The van der Waals surface area contributed by atoms with E-state index in [0.717, 1.165) is 5.56 Å². The van der Waals surface area contributed by atoms with Crippen molar-refractivity contribution in [1.82, 2.24) is 4.72 Å². The molecule has 0 aromatic heterocycles. The number of carbonyl (C=O) groups is 1. The van der Waals surface area contributed by atoms with Crippen molar-refractivity contribution in [2.24, 2.45) is 0 Å². The molecule has 3 rings (SSSR count). The highest BCUT2D eigenvalue weighted by atomic mass is 35.5. The molecule has 1 amide bonds. The van der Waals surface area contributed by atoms with E-state index in [-0.39, 0.29) is 16.7 Å². The molecule has 7 heteroatoms. The van der Waals surface area contributed by atoms with Gasteiger partial charge in [0.2, 0.25) is 15.9 Å². The fourth-order valence-electron chi connectivity index (χ4n) is 2.71. The summed E-state index contributed by atoms with van der Waals surface area (Å²) in [4.78, 5) is 11.8. The highest BCUT2D eigenvalue weighted by molar-refractivity contribution is 7.89. The van der Waals surface area contributed by atoms with E-state index in [9.17, 15) is 13.2 Å². The molecular weight excluding hydrogens is 348 g/mol. The molecule has 0 saturated carbocycles. The Morgan fingerprint density at radius 2 is 1.96 bits per heavy atom. The summed E-state index contributed by atoms with van der Waals surface area (Å²) in [5, 5.41) is 3.28. The third-order valence-electron chi connectivity index (χ3n) is 4.13. The minimum Gasteiger partial charge on any atom is -0.325 e. The Balaban J connectivity index is 1.88. The topological polar surface area (TPSA) is 75.3 Å². The summed E-state index contributed by atoms with van der Waals surface area (Å²) in [6.45, 7) is 3.50. The van der Waals surface area contributed by atoms with Crippen LogP contribution in [0.1, 0.15) is 36.9 Å². The van der Waals surface area contributed by atoms with Gasteiger partial charge in [-0.15, -0.1) is 0 Å². The van der Waals surface area contributed by atoms with Gasteiger partial charge in [0.15, 0.2) is 0 Å². The third-order valence-corrected chi connectivity index (χ3v) is 5.91. The zero-order valence-corrected chi connectivity index (χ0v) is 14.8. The van der Waals surface area contributed by atoms with Crippen molar-refractivity contribution in [1.29, 1.82) is 0 Å². The van der Waals surface area contributed by atoms with Crippen LogP contribution in [0.15, 0.2) is 47.4 Å². The summed E-state index contributed by atoms with van der Waals surface area (Å²) in [7, 11) is -3.72. The van der Waals surface area contributed by atoms with E-state index in [1.54, 1.807) is 44.2 Å². The van der Waals surface area contributed by atoms with Crippen LogP contribution in [0.25, 0.3) is 0 Å². The first kappa shape index (κ1) is 17.0. The van der Waals surface area contributed by atoms with Crippen molar-refractivity contribution in [3.8, 4) is 0 Å². The van der Waals surface area contributed by atoms with Crippen LogP contribution >= 0.6 is 11.6 Å². The van der Waals surface area contributed by atoms with E-state index in [4.69, 9.17) is 11.6 Å². The van der Waals surface area contributed by atoms with Crippen molar-refractivity contribution in [3.05, 3.63) is 58.6 Å². The Kier molecular flexibility index (Phi) is 4.38. The number of rotatable bonds is 4. The smallest absolute Gasteiger partial charge is 0.241 e. The van der Waals surface area contributed by atoms with Gasteiger partial charge in [-0.1, -0.05) is 23.7 Å². The number of fused-ring (bicyclic) bond motifs is 1. The lowest BCUT2D eigenvalue weighted by molar-refractivity contribution is -0.116. The second kappa shape index (κ2) is 6.20. The van der Waals surface area contributed by atoms with Crippen LogP contribution in [0.2, 0.25) is 5.02 Å². The Morgan fingerprint density at radius 3 is 2.67 bits per heavy atom. The van der Waals surface area contributed by atoms with Crippen LogP contribution in [0.5, 0.6) is 0 Å². The van der Waals surface area contributed by atoms with Gasteiger partial charge < -0.3 is 5.32 Å². The highest BCUT2D eigenvalue weighted by Gasteiger charge is 2.28. The van der Waals surface area contributed by atoms with Crippen LogP contribution in [-0.4, -0.2) is 14.3 Å². The first-order valence-electron chi connectivity index (χ1n) is 7.50. The minimum absolute atomic E-state index is 0.125. The van der Waals surface area contributed by atoms with Gasteiger partial charge in [-0.25, -0.2) is 13.1 Å². The summed E-state index contributed by atoms with van der Waals surface area (Å²) >= 11 is 5.95. The monoisotopic (exact) mass is 364 g/mol. The average molecular weight is 365 g/mol. The predicted octanol–water partition coefficient (Wildman–Crippen LogP) is 3.44. The molecule has 24 heavy (non-hydrogen) atoms. The molecular formula is C17H17ClN2O3S. The maximum Gasteiger partial charge on any atom is 0.241 e. The van der Waals surface area contributed by atoms with Crippen LogP contribution in [0, 0.1) is 0 Å². The number of benzene rings is 2. The summed E-state index contributed by atoms with van der Waals surface area (Å²) in [6, 6.07) is 11.3. The molecule has 1 aliphatic rings. The zero-order valence-electron chi connectivity index (χ0n) is 13.2. The lowest BCUT2D eigenvalue weighted by atomic mass is 10.0. The van der Waals surface area contributed by atoms with Gasteiger partial charge in [-0.3, -0.25) is 4.79 Å². The molecule has 2 aromatic carbocycles. The number of nitrogens with one attached hydrogen (secondary N) is 2. The number of amides is 1. The third kappa shape index (κ3) is 3.17. The Morgan fingerprint density at radius 1 is 1.21 bits per heavy atom. The molecule has 2 atom stereocenters. The first-order chi connectivity index (χ1) is 11.3. The van der Waals surface area contributed by atoms with E-state index in [0.29, 0.717) is 16.3 Å². The van der Waals surface area contributed by atoms with E-state index in [2.05, 4.69) is 10.0 Å². The van der Waals surface area contributed by atoms with E-state index >= 15 is 0 Å². The second-order valence-corrected chi connectivity index (χ2v) is 8.01. The molecule has 2 aromatic rings. The molecule has 0 aliphatic carbocycles. The minimum atomic E-state index is -3.72. The molecule has 126 valence electrons. The van der Waals surface area contributed by atoms with Crippen molar-refractivity contribution < 1.29 is 13.2 Å². The lowest BCUT2D eigenvalue weighted by Gasteiger charge is -2.15. The van der Waals surface area contributed by atoms with Crippen molar-refractivity contribution in [2.45, 2.75) is 30.7 Å². The number of hydrogen-bond donors (Lipinski definition) is 2. The van der Waals surface area contributed by atoms with Crippen molar-refractivity contribution in [3.63, 3.8) is 0 Å². The molecule has 0 fully saturated rings. The zero-order chi connectivity index (χ0) is 17.5. The van der Waals surface area contributed by atoms with Gasteiger partial charge in [-0.2, -0.15) is 0 Å². The first-order valence-corrected chi connectivity index (χ1v) is 9.36. The standard InChI is InChI=1S/C17H17ClN2O3S/c1-10-15-9-14(6-7-16(15)19-17(10)21)24(22,23)20-11(2)12-4-3-5-13(18)8-12/h3-11,20H,1-2H3,(H,19,21)/t10-,11-/m1/s1. The van der Waals surface area contributed by atoms with Crippen LogP contribution < -0.4 is 10.0 Å². The van der Waals surface area contributed by atoms with Gasteiger partial charge in [0.25, 0.3) is 0 Å². The van der Waals surface area contributed by atoms with Gasteiger partial charge in [0.1, 0.15) is 0 Å². The van der Waals surface area contributed by atoms with Crippen molar-refractivity contribution in [2.75, 3.05) is 5.32 Å². The maximum atomic E-state index is 12.6. The van der Waals surface area contributed by atoms with Crippen LogP contribution in [0.3, 0.4) is 0 Å². The molecule has 0 radical (unpaired) electrons. The van der Waals surface area contributed by atoms with E-state index in [1.807, 2.05) is 6.07 Å². The largest absolute Gasteiger partial charge is 0.325 e. The van der Waals surface area contributed by atoms with E-state index in [1.165, 1.54) is 6.07 Å². The van der Waals surface area contributed by atoms with Gasteiger partial charge in [0.05, 0.1) is 10.8 Å². The average Bonchev–Trinajstić information content (AvgIpc) is 2.81. The van der Waals surface area contributed by atoms with E-state index < -0.39 is 16.1 Å². The molecule has 0 bridgehead atoms. The number of halogens is 1.